The van der Waals surface area contributed by atoms with Crippen molar-refractivity contribution in [1.82, 2.24) is 9.62 Å². The van der Waals surface area contributed by atoms with Crippen LogP contribution in [-0.4, -0.2) is 40.6 Å². The highest BCUT2D eigenvalue weighted by molar-refractivity contribution is 7.97. The van der Waals surface area contributed by atoms with Crippen LogP contribution in [0.5, 0.6) is 5.75 Å². The van der Waals surface area contributed by atoms with E-state index in [1.165, 1.54) is 17.5 Å². The third-order valence-electron chi connectivity index (χ3n) is 4.54. The maximum atomic E-state index is 11.7. The van der Waals surface area contributed by atoms with E-state index in [1.54, 1.807) is 6.26 Å². The first-order valence-electron chi connectivity index (χ1n) is 9.44. The van der Waals surface area contributed by atoms with Gasteiger partial charge in [0.15, 0.2) is 0 Å². The van der Waals surface area contributed by atoms with E-state index in [0.717, 1.165) is 41.6 Å². The molecule has 1 fully saturated rings. The lowest BCUT2D eigenvalue weighted by molar-refractivity contribution is 0.242. The summed E-state index contributed by atoms with van der Waals surface area (Å²) in [5.74, 6) is 0.920. The zero-order valence-corrected chi connectivity index (χ0v) is 18.9. The lowest BCUT2D eigenvalue weighted by Crippen LogP contribution is -2.28. The minimum atomic E-state index is -1.00. The minimum Gasteiger partial charge on any atom is -0.491 e. The number of rotatable bonds is 8. The standard InChI is InChI=1S/C21H27ClN2O2S2/c1-15(2)26-18-6-4-16(5-7-18)13-24-11-10-17(14-24)23-27-21-12-19(28(3)25)8-9-20(21)22/h4-9,12,15,17,23H,10-11,13-14H2,1-3H3. The van der Waals surface area contributed by atoms with Crippen molar-refractivity contribution in [3.05, 3.63) is 53.1 Å². The van der Waals surface area contributed by atoms with Crippen LogP contribution in [0.15, 0.2) is 52.3 Å². The van der Waals surface area contributed by atoms with Crippen molar-refractivity contribution in [2.45, 2.75) is 48.7 Å². The number of hydrogen-bond donors (Lipinski definition) is 1. The van der Waals surface area contributed by atoms with E-state index >= 15 is 0 Å². The van der Waals surface area contributed by atoms with Gasteiger partial charge in [-0.1, -0.05) is 23.7 Å². The molecule has 2 atom stereocenters. The van der Waals surface area contributed by atoms with Crippen LogP contribution in [0.2, 0.25) is 5.02 Å². The molecule has 3 rings (SSSR count). The van der Waals surface area contributed by atoms with Crippen LogP contribution in [0.4, 0.5) is 0 Å². The van der Waals surface area contributed by atoms with Crippen molar-refractivity contribution < 1.29 is 8.95 Å². The van der Waals surface area contributed by atoms with Crippen molar-refractivity contribution in [3.63, 3.8) is 0 Å². The van der Waals surface area contributed by atoms with E-state index < -0.39 is 10.8 Å². The summed E-state index contributed by atoms with van der Waals surface area (Å²) in [5.41, 5.74) is 1.30. The molecule has 2 unspecified atom stereocenters. The quantitative estimate of drug-likeness (QED) is 0.603. The van der Waals surface area contributed by atoms with Crippen LogP contribution in [0, 0.1) is 0 Å². The summed E-state index contributed by atoms with van der Waals surface area (Å²) in [7, 11) is -1.00. The molecule has 1 N–H and O–H groups in total. The second-order valence-electron chi connectivity index (χ2n) is 7.30. The number of nitrogens with one attached hydrogen (secondary N) is 1. The molecule has 1 saturated heterocycles. The second kappa shape index (κ2) is 10.1. The Morgan fingerprint density at radius 2 is 2.04 bits per heavy atom. The fraction of sp³-hybridized carbons (Fsp3) is 0.429. The van der Waals surface area contributed by atoms with Crippen LogP contribution < -0.4 is 9.46 Å². The van der Waals surface area contributed by atoms with E-state index in [-0.39, 0.29) is 6.10 Å². The highest BCUT2D eigenvalue weighted by Crippen LogP contribution is 2.28. The van der Waals surface area contributed by atoms with Gasteiger partial charge in [0, 0.05) is 52.5 Å². The Balaban J connectivity index is 1.49. The summed E-state index contributed by atoms with van der Waals surface area (Å²) in [5, 5.41) is 0.685. The van der Waals surface area contributed by atoms with Crippen molar-refractivity contribution in [3.8, 4) is 5.75 Å². The predicted molar refractivity (Wildman–Crippen MR) is 119 cm³/mol. The molecule has 7 heteroatoms. The monoisotopic (exact) mass is 438 g/mol. The van der Waals surface area contributed by atoms with Crippen LogP contribution in [0.3, 0.4) is 0 Å². The molecular weight excluding hydrogens is 412 g/mol. The zero-order valence-electron chi connectivity index (χ0n) is 16.5. The van der Waals surface area contributed by atoms with Gasteiger partial charge in [-0.3, -0.25) is 13.8 Å². The Bertz CT molecular complexity index is 815. The molecule has 2 aromatic carbocycles. The Kier molecular flexibility index (Phi) is 7.83. The molecular formula is C21H27ClN2O2S2. The lowest BCUT2D eigenvalue weighted by Gasteiger charge is -2.17. The summed E-state index contributed by atoms with van der Waals surface area (Å²) in [6, 6.07) is 14.3. The van der Waals surface area contributed by atoms with Crippen LogP contribution in [-0.2, 0) is 17.3 Å². The van der Waals surface area contributed by atoms with Crippen LogP contribution >= 0.6 is 23.5 Å². The zero-order chi connectivity index (χ0) is 20.1. The molecule has 1 aliphatic rings. The Morgan fingerprint density at radius 1 is 1.29 bits per heavy atom. The second-order valence-corrected chi connectivity index (χ2v) is 9.96. The fourth-order valence-corrected chi connectivity index (χ4v) is 4.85. The first-order valence-corrected chi connectivity index (χ1v) is 12.2. The maximum absolute atomic E-state index is 11.7. The Morgan fingerprint density at radius 3 is 2.71 bits per heavy atom. The highest BCUT2D eigenvalue weighted by Gasteiger charge is 2.22. The fourth-order valence-electron chi connectivity index (χ4n) is 3.16. The van der Waals surface area contributed by atoms with Crippen molar-refractivity contribution in [2.24, 2.45) is 0 Å². The lowest BCUT2D eigenvalue weighted by atomic mass is 10.2. The van der Waals surface area contributed by atoms with Crippen LogP contribution in [0.25, 0.3) is 0 Å². The third kappa shape index (κ3) is 6.22. The normalized spacial score (nSPS) is 18.5. The molecule has 152 valence electrons. The largest absolute Gasteiger partial charge is 0.491 e. The van der Waals surface area contributed by atoms with Gasteiger partial charge in [-0.05, 0) is 68.1 Å². The average Bonchev–Trinajstić information content (AvgIpc) is 3.09. The van der Waals surface area contributed by atoms with Gasteiger partial charge in [0.25, 0.3) is 0 Å². The molecule has 0 bridgehead atoms. The molecule has 0 spiro atoms. The molecule has 1 heterocycles. The number of halogens is 1. The van der Waals surface area contributed by atoms with Gasteiger partial charge < -0.3 is 4.74 Å². The summed E-state index contributed by atoms with van der Waals surface area (Å²) >= 11 is 7.82. The number of nitrogens with zero attached hydrogens (tertiary/aromatic N) is 1. The average molecular weight is 439 g/mol. The number of benzene rings is 2. The van der Waals surface area contributed by atoms with Gasteiger partial charge in [0.05, 0.1) is 11.1 Å². The number of ether oxygens (including phenoxy) is 1. The Labute approximate surface area is 179 Å². The molecule has 0 aromatic heterocycles. The van der Waals surface area contributed by atoms with Gasteiger partial charge in [-0.25, -0.2) is 0 Å². The highest BCUT2D eigenvalue weighted by atomic mass is 35.5. The molecule has 0 saturated carbocycles. The SMILES string of the molecule is CC(C)Oc1ccc(CN2CCC(NSc3cc(S(C)=O)ccc3Cl)C2)cc1. The predicted octanol–water partition coefficient (Wildman–Crippen LogP) is 4.74. The summed E-state index contributed by atoms with van der Waals surface area (Å²) in [4.78, 5) is 4.18. The van der Waals surface area contributed by atoms with E-state index in [2.05, 4.69) is 21.8 Å². The third-order valence-corrected chi connectivity index (χ3v) is 6.91. The van der Waals surface area contributed by atoms with E-state index in [1.807, 2.05) is 44.2 Å². The molecule has 1 aliphatic heterocycles. The molecule has 0 amide bonds. The van der Waals surface area contributed by atoms with E-state index in [0.29, 0.717) is 11.1 Å². The molecule has 4 nitrogen and oxygen atoms in total. The molecule has 2 aromatic rings. The molecule has 28 heavy (non-hydrogen) atoms. The topological polar surface area (TPSA) is 41.6 Å². The maximum Gasteiger partial charge on any atom is 0.119 e. The molecule has 0 aliphatic carbocycles. The van der Waals surface area contributed by atoms with Crippen molar-refractivity contribution in [2.75, 3.05) is 19.3 Å². The first kappa shape index (κ1) is 21.7. The van der Waals surface area contributed by atoms with Crippen molar-refractivity contribution in [1.29, 1.82) is 0 Å². The Hall–Kier alpha value is -1.05. The van der Waals surface area contributed by atoms with Gasteiger partial charge in [-0.15, -0.1) is 0 Å². The van der Waals surface area contributed by atoms with Crippen molar-refractivity contribution >= 4 is 34.3 Å². The smallest absolute Gasteiger partial charge is 0.119 e. The van der Waals surface area contributed by atoms with Gasteiger partial charge in [0.2, 0.25) is 0 Å². The minimum absolute atomic E-state index is 0.195. The molecule has 0 radical (unpaired) electrons. The first-order chi connectivity index (χ1) is 13.4. The van der Waals surface area contributed by atoms with Gasteiger partial charge >= 0.3 is 0 Å². The summed E-state index contributed by atoms with van der Waals surface area (Å²) < 4.78 is 20.9. The summed E-state index contributed by atoms with van der Waals surface area (Å²) in [6.45, 7) is 7.07. The van der Waals surface area contributed by atoms with E-state index in [4.69, 9.17) is 16.3 Å². The number of hydrogen-bond acceptors (Lipinski definition) is 5. The van der Waals surface area contributed by atoms with E-state index in [9.17, 15) is 4.21 Å². The van der Waals surface area contributed by atoms with Gasteiger partial charge in [-0.2, -0.15) is 0 Å². The van der Waals surface area contributed by atoms with Crippen LogP contribution in [0.1, 0.15) is 25.8 Å². The van der Waals surface area contributed by atoms with Gasteiger partial charge in [0.1, 0.15) is 5.75 Å². The number of likely N-dealkylation sites (tertiary alicyclic amines) is 1. The summed E-state index contributed by atoms with van der Waals surface area (Å²) in [6.07, 6.45) is 2.97.